The van der Waals surface area contributed by atoms with Gasteiger partial charge in [-0.3, -0.25) is 0 Å². The van der Waals surface area contributed by atoms with Crippen LogP contribution in [0.5, 0.6) is 5.88 Å². The maximum Gasteiger partial charge on any atom is 0.341 e. The number of rotatable bonds is 10. The predicted molar refractivity (Wildman–Crippen MR) is 114 cm³/mol. The fraction of sp³-hybridized carbons (Fsp3) is 0.455. The second kappa shape index (κ2) is 10.9. The van der Waals surface area contributed by atoms with E-state index in [9.17, 15) is 4.79 Å². The van der Waals surface area contributed by atoms with Crippen LogP contribution in [0.15, 0.2) is 30.5 Å². The molecule has 0 fully saturated rings. The lowest BCUT2D eigenvalue weighted by molar-refractivity contribution is -0.136. The Morgan fingerprint density at radius 1 is 1.24 bits per heavy atom. The second-order valence-corrected chi connectivity index (χ2v) is 7.31. The first kappa shape index (κ1) is 22.8. The SMILES string of the molecule is CCO/C=C(/C(=O)OCC)c1ccccc1COc1nn(CC(C)C)c(Cl)c1C. The van der Waals surface area contributed by atoms with E-state index in [4.69, 9.17) is 25.8 Å². The third-order valence-corrected chi connectivity index (χ3v) is 4.62. The molecule has 7 heteroatoms. The molecule has 0 aliphatic carbocycles. The van der Waals surface area contributed by atoms with E-state index in [0.29, 0.717) is 41.2 Å². The number of carbonyl (C=O) groups excluding carboxylic acids is 1. The molecule has 2 rings (SSSR count). The zero-order valence-corrected chi connectivity index (χ0v) is 18.5. The molecule has 0 atom stereocenters. The summed E-state index contributed by atoms with van der Waals surface area (Å²) >= 11 is 6.39. The molecule has 0 bridgehead atoms. The number of ether oxygens (including phenoxy) is 3. The smallest absolute Gasteiger partial charge is 0.341 e. The van der Waals surface area contributed by atoms with Gasteiger partial charge < -0.3 is 14.2 Å². The minimum Gasteiger partial charge on any atom is -0.501 e. The molecule has 0 aliphatic rings. The van der Waals surface area contributed by atoms with Crippen LogP contribution in [0.2, 0.25) is 5.15 Å². The highest BCUT2D eigenvalue weighted by molar-refractivity contribution is 6.30. The molecule has 0 spiro atoms. The van der Waals surface area contributed by atoms with Gasteiger partial charge >= 0.3 is 5.97 Å². The lowest BCUT2D eigenvalue weighted by Crippen LogP contribution is -2.10. The normalized spacial score (nSPS) is 11.6. The van der Waals surface area contributed by atoms with Crippen LogP contribution in [0.25, 0.3) is 5.57 Å². The van der Waals surface area contributed by atoms with Crippen molar-refractivity contribution in [1.29, 1.82) is 0 Å². The van der Waals surface area contributed by atoms with Gasteiger partial charge in [-0.25, -0.2) is 9.48 Å². The van der Waals surface area contributed by atoms with Crippen molar-refractivity contribution in [1.82, 2.24) is 9.78 Å². The molecule has 1 aromatic heterocycles. The van der Waals surface area contributed by atoms with Gasteiger partial charge in [-0.1, -0.05) is 49.7 Å². The van der Waals surface area contributed by atoms with Crippen LogP contribution in [0.1, 0.15) is 44.4 Å². The summed E-state index contributed by atoms with van der Waals surface area (Å²) in [6, 6.07) is 7.49. The molecular weight excluding hydrogens is 392 g/mol. The molecule has 0 saturated heterocycles. The number of carbonyl (C=O) groups is 1. The van der Waals surface area contributed by atoms with Crippen LogP contribution in [-0.2, 0) is 27.4 Å². The van der Waals surface area contributed by atoms with Crippen molar-refractivity contribution < 1.29 is 19.0 Å². The van der Waals surface area contributed by atoms with Crippen molar-refractivity contribution >= 4 is 23.1 Å². The fourth-order valence-electron chi connectivity index (χ4n) is 2.77. The largest absolute Gasteiger partial charge is 0.501 e. The number of esters is 1. The average molecular weight is 421 g/mol. The minimum atomic E-state index is -0.436. The third-order valence-electron chi connectivity index (χ3n) is 4.14. The van der Waals surface area contributed by atoms with Gasteiger partial charge in [-0.15, -0.1) is 5.10 Å². The van der Waals surface area contributed by atoms with Crippen molar-refractivity contribution in [3.05, 3.63) is 52.4 Å². The van der Waals surface area contributed by atoms with Crippen molar-refractivity contribution in [2.75, 3.05) is 13.2 Å². The lowest BCUT2D eigenvalue weighted by Gasteiger charge is -2.13. The van der Waals surface area contributed by atoms with Gasteiger partial charge in [0.25, 0.3) is 0 Å². The summed E-state index contributed by atoms with van der Waals surface area (Å²) in [5, 5.41) is 5.06. The first-order chi connectivity index (χ1) is 13.9. The highest BCUT2D eigenvalue weighted by Crippen LogP contribution is 2.28. The minimum absolute atomic E-state index is 0.231. The van der Waals surface area contributed by atoms with Crippen LogP contribution in [-0.4, -0.2) is 29.0 Å². The van der Waals surface area contributed by atoms with E-state index in [-0.39, 0.29) is 13.2 Å². The van der Waals surface area contributed by atoms with Crippen molar-refractivity contribution in [2.45, 2.75) is 47.8 Å². The standard InChI is InChI=1S/C22H29ClN2O4/c1-6-27-14-19(22(26)28-7-2)18-11-9-8-10-17(18)13-29-21-16(5)20(23)25(24-21)12-15(3)4/h8-11,14-15H,6-7,12-13H2,1-5H3/b19-14+. The molecule has 0 saturated carbocycles. The van der Waals surface area contributed by atoms with E-state index in [1.54, 1.807) is 11.6 Å². The van der Waals surface area contributed by atoms with Gasteiger partial charge in [0.05, 0.1) is 19.5 Å². The second-order valence-electron chi connectivity index (χ2n) is 6.95. The summed E-state index contributed by atoms with van der Waals surface area (Å²) in [7, 11) is 0. The number of halogens is 1. The molecule has 29 heavy (non-hydrogen) atoms. The number of benzene rings is 1. The molecule has 1 heterocycles. The predicted octanol–water partition coefficient (Wildman–Crippen LogP) is 5.02. The summed E-state index contributed by atoms with van der Waals surface area (Å²) in [4.78, 5) is 12.4. The molecule has 0 unspecified atom stereocenters. The molecule has 0 N–H and O–H groups in total. The number of nitrogens with zero attached hydrogens (tertiary/aromatic N) is 2. The number of hydrogen-bond donors (Lipinski definition) is 0. The molecule has 0 aliphatic heterocycles. The Kier molecular flexibility index (Phi) is 8.58. The lowest BCUT2D eigenvalue weighted by atomic mass is 10.0. The van der Waals surface area contributed by atoms with E-state index in [1.807, 2.05) is 38.1 Å². The van der Waals surface area contributed by atoms with E-state index >= 15 is 0 Å². The summed E-state index contributed by atoms with van der Waals surface area (Å²) in [6.45, 7) is 11.4. The van der Waals surface area contributed by atoms with Gasteiger partial charge in [-0.2, -0.15) is 0 Å². The zero-order valence-electron chi connectivity index (χ0n) is 17.7. The molecule has 158 valence electrons. The molecule has 0 radical (unpaired) electrons. The zero-order chi connectivity index (χ0) is 21.4. The Morgan fingerprint density at radius 2 is 1.97 bits per heavy atom. The van der Waals surface area contributed by atoms with Crippen molar-refractivity contribution in [3.63, 3.8) is 0 Å². The monoisotopic (exact) mass is 420 g/mol. The Bertz CT molecular complexity index is 858. The number of hydrogen-bond acceptors (Lipinski definition) is 5. The van der Waals surface area contributed by atoms with Crippen molar-refractivity contribution in [3.8, 4) is 5.88 Å². The number of aromatic nitrogens is 2. The topological polar surface area (TPSA) is 62.6 Å². The van der Waals surface area contributed by atoms with E-state index in [2.05, 4.69) is 18.9 Å². The summed E-state index contributed by atoms with van der Waals surface area (Å²) in [6.07, 6.45) is 1.44. The van der Waals surface area contributed by atoms with E-state index < -0.39 is 5.97 Å². The van der Waals surface area contributed by atoms with Crippen molar-refractivity contribution in [2.24, 2.45) is 5.92 Å². The Labute approximate surface area is 177 Å². The molecule has 0 amide bonds. The van der Waals surface area contributed by atoms with Gasteiger partial charge in [0, 0.05) is 12.1 Å². The highest BCUT2D eigenvalue weighted by atomic mass is 35.5. The van der Waals surface area contributed by atoms with E-state index in [0.717, 1.165) is 11.1 Å². The van der Waals surface area contributed by atoms with Gasteiger partial charge in [0.15, 0.2) is 0 Å². The first-order valence-electron chi connectivity index (χ1n) is 9.81. The Balaban J connectivity index is 2.28. The van der Waals surface area contributed by atoms with Gasteiger partial charge in [0.1, 0.15) is 17.3 Å². The van der Waals surface area contributed by atoms with Gasteiger partial charge in [0.2, 0.25) is 5.88 Å². The Morgan fingerprint density at radius 3 is 2.62 bits per heavy atom. The first-order valence-corrected chi connectivity index (χ1v) is 10.2. The summed E-state index contributed by atoms with van der Waals surface area (Å²) in [5.41, 5.74) is 2.67. The summed E-state index contributed by atoms with van der Waals surface area (Å²) < 4.78 is 18.3. The van der Waals surface area contributed by atoms with Crippen LogP contribution in [0.3, 0.4) is 0 Å². The molecule has 1 aromatic carbocycles. The average Bonchev–Trinajstić information content (AvgIpc) is 2.95. The molecular formula is C22H29ClN2O4. The van der Waals surface area contributed by atoms with Crippen LogP contribution in [0.4, 0.5) is 0 Å². The maximum atomic E-state index is 12.4. The van der Waals surface area contributed by atoms with Crippen LogP contribution >= 0.6 is 11.6 Å². The Hall–Kier alpha value is -2.47. The molecule has 2 aromatic rings. The van der Waals surface area contributed by atoms with Crippen LogP contribution < -0.4 is 4.74 Å². The third kappa shape index (κ3) is 6.00. The fourth-order valence-corrected chi connectivity index (χ4v) is 2.95. The summed E-state index contributed by atoms with van der Waals surface area (Å²) in [5.74, 6) is 0.460. The quantitative estimate of drug-likeness (QED) is 0.307. The molecule has 6 nitrogen and oxygen atoms in total. The maximum absolute atomic E-state index is 12.4. The van der Waals surface area contributed by atoms with Gasteiger partial charge in [-0.05, 0) is 37.8 Å². The highest BCUT2D eigenvalue weighted by Gasteiger charge is 2.19. The van der Waals surface area contributed by atoms with E-state index in [1.165, 1.54) is 6.26 Å². The van der Waals surface area contributed by atoms with Crippen LogP contribution in [0, 0.1) is 12.8 Å².